The summed E-state index contributed by atoms with van der Waals surface area (Å²) >= 11 is 0. The number of rotatable bonds is 3. The Morgan fingerprint density at radius 2 is 1.83 bits per heavy atom. The molecule has 6 heteroatoms. The minimum Gasteiger partial charge on any atom is -0.386 e. The quantitative estimate of drug-likeness (QED) is 0.936. The predicted octanol–water partition coefficient (Wildman–Crippen LogP) is 3.00. The van der Waals surface area contributed by atoms with E-state index in [1.165, 1.54) is 30.3 Å². The van der Waals surface area contributed by atoms with Crippen LogP contribution in [-0.4, -0.2) is 19.8 Å². The highest BCUT2D eigenvalue weighted by atomic mass is 32.2. The third kappa shape index (κ3) is 3.58. The SMILES string of the molecule is CC(C)(O)c1ccc(-c2ccc(S(C)(=O)=O)c(C#N)c2)c(F)c1. The molecule has 0 atom stereocenters. The van der Waals surface area contributed by atoms with Crippen molar-refractivity contribution in [3.8, 4) is 17.2 Å². The van der Waals surface area contributed by atoms with Crippen LogP contribution < -0.4 is 0 Å². The van der Waals surface area contributed by atoms with Crippen molar-refractivity contribution in [3.05, 3.63) is 53.3 Å². The zero-order chi connectivity index (χ0) is 17.4. The third-order valence-electron chi connectivity index (χ3n) is 3.49. The summed E-state index contributed by atoms with van der Waals surface area (Å²) < 4.78 is 37.6. The van der Waals surface area contributed by atoms with E-state index in [2.05, 4.69) is 0 Å². The monoisotopic (exact) mass is 333 g/mol. The highest BCUT2D eigenvalue weighted by Gasteiger charge is 2.19. The van der Waals surface area contributed by atoms with Gasteiger partial charge in [-0.2, -0.15) is 5.26 Å². The van der Waals surface area contributed by atoms with Crippen LogP contribution in [0.5, 0.6) is 0 Å². The lowest BCUT2D eigenvalue weighted by Crippen LogP contribution is -2.15. The van der Waals surface area contributed by atoms with Crippen molar-refractivity contribution in [1.29, 1.82) is 5.26 Å². The fraction of sp³-hybridized carbons (Fsp3) is 0.235. The van der Waals surface area contributed by atoms with Crippen LogP contribution in [0.15, 0.2) is 41.3 Å². The number of nitrogens with zero attached hydrogens (tertiary/aromatic N) is 1. The molecule has 120 valence electrons. The van der Waals surface area contributed by atoms with Crippen LogP contribution in [0.4, 0.5) is 4.39 Å². The molecule has 2 aromatic carbocycles. The van der Waals surface area contributed by atoms with Gasteiger partial charge >= 0.3 is 0 Å². The lowest BCUT2D eigenvalue weighted by atomic mass is 9.94. The third-order valence-corrected chi connectivity index (χ3v) is 4.64. The number of sulfone groups is 1. The summed E-state index contributed by atoms with van der Waals surface area (Å²) in [6.07, 6.45) is 1.02. The topological polar surface area (TPSA) is 78.2 Å². The maximum atomic E-state index is 14.3. The Kier molecular flexibility index (Phi) is 4.29. The number of hydrogen-bond acceptors (Lipinski definition) is 4. The maximum Gasteiger partial charge on any atom is 0.176 e. The largest absolute Gasteiger partial charge is 0.386 e. The number of halogens is 1. The summed E-state index contributed by atoms with van der Waals surface area (Å²) in [5.74, 6) is -0.555. The zero-order valence-electron chi connectivity index (χ0n) is 13.0. The molecule has 0 heterocycles. The molecule has 0 spiro atoms. The average Bonchev–Trinajstić information content (AvgIpc) is 2.44. The van der Waals surface area contributed by atoms with Crippen molar-refractivity contribution in [2.45, 2.75) is 24.3 Å². The van der Waals surface area contributed by atoms with E-state index < -0.39 is 21.3 Å². The number of benzene rings is 2. The molecule has 0 unspecified atom stereocenters. The first-order chi connectivity index (χ1) is 10.5. The van der Waals surface area contributed by atoms with Gasteiger partial charge in [0, 0.05) is 11.8 Å². The first-order valence-corrected chi connectivity index (χ1v) is 8.70. The Hall–Kier alpha value is -2.23. The second-order valence-electron chi connectivity index (χ2n) is 5.85. The van der Waals surface area contributed by atoms with Crippen LogP contribution in [0, 0.1) is 17.1 Å². The molecule has 0 saturated carbocycles. The first-order valence-electron chi connectivity index (χ1n) is 6.81. The molecular weight excluding hydrogens is 317 g/mol. The van der Waals surface area contributed by atoms with Crippen LogP contribution in [0.2, 0.25) is 0 Å². The fourth-order valence-electron chi connectivity index (χ4n) is 2.24. The summed E-state index contributed by atoms with van der Waals surface area (Å²) in [5, 5.41) is 19.0. The van der Waals surface area contributed by atoms with Crippen LogP contribution in [0.3, 0.4) is 0 Å². The second-order valence-corrected chi connectivity index (χ2v) is 7.83. The zero-order valence-corrected chi connectivity index (χ0v) is 13.8. The second kappa shape index (κ2) is 5.76. The van der Waals surface area contributed by atoms with Crippen LogP contribution in [0.1, 0.15) is 25.0 Å². The van der Waals surface area contributed by atoms with Crippen LogP contribution in [0.25, 0.3) is 11.1 Å². The normalized spacial score (nSPS) is 12.0. The van der Waals surface area contributed by atoms with Crippen molar-refractivity contribution in [3.63, 3.8) is 0 Å². The predicted molar refractivity (Wildman–Crippen MR) is 84.9 cm³/mol. The molecule has 0 aliphatic carbocycles. The summed E-state index contributed by atoms with van der Waals surface area (Å²) in [6, 6.07) is 10.2. The van der Waals surface area contributed by atoms with Gasteiger partial charge in [0.05, 0.1) is 16.1 Å². The van der Waals surface area contributed by atoms with Gasteiger partial charge in [-0.3, -0.25) is 0 Å². The van der Waals surface area contributed by atoms with Crippen LogP contribution >= 0.6 is 0 Å². The van der Waals surface area contributed by atoms with E-state index in [0.717, 1.165) is 6.26 Å². The van der Waals surface area contributed by atoms with Gasteiger partial charge in [0.1, 0.15) is 11.9 Å². The highest BCUT2D eigenvalue weighted by Crippen LogP contribution is 2.30. The van der Waals surface area contributed by atoms with E-state index in [-0.39, 0.29) is 16.0 Å². The first kappa shape index (κ1) is 17.1. The summed E-state index contributed by atoms with van der Waals surface area (Å²) in [4.78, 5) is -0.0859. The molecule has 1 N–H and O–H groups in total. The Morgan fingerprint density at radius 1 is 1.17 bits per heavy atom. The highest BCUT2D eigenvalue weighted by molar-refractivity contribution is 7.90. The lowest BCUT2D eigenvalue weighted by Gasteiger charge is -2.18. The van der Waals surface area contributed by atoms with Crippen molar-refractivity contribution in [1.82, 2.24) is 0 Å². The molecule has 23 heavy (non-hydrogen) atoms. The number of nitriles is 1. The van der Waals surface area contributed by atoms with Crippen molar-refractivity contribution >= 4 is 9.84 Å². The van der Waals surface area contributed by atoms with Gasteiger partial charge in [-0.15, -0.1) is 0 Å². The smallest absolute Gasteiger partial charge is 0.176 e. The molecule has 0 aromatic heterocycles. The molecule has 2 rings (SSSR count). The molecule has 0 fully saturated rings. The van der Waals surface area contributed by atoms with Crippen molar-refractivity contribution in [2.24, 2.45) is 0 Å². The van der Waals surface area contributed by atoms with Gasteiger partial charge in [0.25, 0.3) is 0 Å². The summed E-state index contributed by atoms with van der Waals surface area (Å²) in [7, 11) is -3.53. The Bertz CT molecular complexity index is 906. The Balaban J connectivity index is 2.59. The Labute approximate surface area is 134 Å². The molecule has 2 aromatic rings. The fourth-order valence-corrected chi connectivity index (χ4v) is 3.06. The molecule has 4 nitrogen and oxygen atoms in total. The molecule has 0 bridgehead atoms. The van der Waals surface area contributed by atoms with Gasteiger partial charge < -0.3 is 5.11 Å². The van der Waals surface area contributed by atoms with E-state index >= 15 is 0 Å². The summed E-state index contributed by atoms with van der Waals surface area (Å²) in [5.41, 5.74) is -0.150. The molecule has 0 saturated heterocycles. The van der Waals surface area contributed by atoms with E-state index in [1.807, 2.05) is 6.07 Å². The molecule has 0 radical (unpaired) electrons. The summed E-state index contributed by atoms with van der Waals surface area (Å²) in [6.45, 7) is 3.10. The molecule has 0 aliphatic heterocycles. The minimum absolute atomic E-state index is 0.0315. The van der Waals surface area contributed by atoms with Crippen LogP contribution in [-0.2, 0) is 15.4 Å². The van der Waals surface area contributed by atoms with Crippen molar-refractivity contribution < 1.29 is 17.9 Å². The van der Waals surface area contributed by atoms with Gasteiger partial charge in [-0.05, 0) is 43.2 Å². The van der Waals surface area contributed by atoms with E-state index in [1.54, 1.807) is 19.9 Å². The van der Waals surface area contributed by atoms with E-state index in [0.29, 0.717) is 11.1 Å². The Morgan fingerprint density at radius 3 is 2.30 bits per heavy atom. The van der Waals surface area contributed by atoms with Gasteiger partial charge in [0.15, 0.2) is 9.84 Å². The van der Waals surface area contributed by atoms with E-state index in [4.69, 9.17) is 5.26 Å². The van der Waals surface area contributed by atoms with Crippen molar-refractivity contribution in [2.75, 3.05) is 6.26 Å². The standard InChI is InChI=1S/C17H16FNO3S/c1-17(2,20)13-5-6-14(15(18)9-13)11-4-7-16(23(3,21)22)12(8-11)10-19/h4-9,20H,1-3H3. The van der Waals surface area contributed by atoms with Gasteiger partial charge in [0.2, 0.25) is 0 Å². The van der Waals surface area contributed by atoms with Gasteiger partial charge in [-0.1, -0.05) is 18.2 Å². The number of aliphatic hydroxyl groups is 1. The number of hydrogen-bond donors (Lipinski definition) is 1. The van der Waals surface area contributed by atoms with Gasteiger partial charge in [-0.25, -0.2) is 12.8 Å². The average molecular weight is 333 g/mol. The van der Waals surface area contributed by atoms with E-state index in [9.17, 15) is 17.9 Å². The molecule has 0 aliphatic rings. The maximum absolute atomic E-state index is 14.3. The lowest BCUT2D eigenvalue weighted by molar-refractivity contribution is 0.0782. The molecule has 0 amide bonds. The molecular formula is C17H16FNO3S. The minimum atomic E-state index is -3.53.